The molecular formula is C15H20N6O. The van der Waals surface area contributed by atoms with Crippen LogP contribution in [0.5, 0.6) is 0 Å². The molecule has 7 heteroatoms. The molecule has 1 aromatic heterocycles. The van der Waals surface area contributed by atoms with E-state index in [0.29, 0.717) is 24.7 Å². The van der Waals surface area contributed by atoms with Crippen LogP contribution in [0.1, 0.15) is 31.2 Å². The molecule has 2 atom stereocenters. The molecule has 1 saturated carbocycles. The quantitative estimate of drug-likeness (QED) is 0.763. The summed E-state index contributed by atoms with van der Waals surface area (Å²) in [4.78, 5) is 12.0. The van der Waals surface area contributed by atoms with E-state index in [1.54, 1.807) is 0 Å². The van der Waals surface area contributed by atoms with Crippen molar-refractivity contribution in [1.82, 2.24) is 25.9 Å². The Labute approximate surface area is 128 Å². The summed E-state index contributed by atoms with van der Waals surface area (Å²) in [5.41, 5.74) is 7.93. The van der Waals surface area contributed by atoms with E-state index < -0.39 is 0 Å². The van der Waals surface area contributed by atoms with E-state index in [1.807, 2.05) is 24.3 Å². The zero-order valence-electron chi connectivity index (χ0n) is 12.3. The van der Waals surface area contributed by atoms with Crippen molar-refractivity contribution < 1.29 is 4.79 Å². The molecule has 0 aliphatic heterocycles. The molecule has 22 heavy (non-hydrogen) atoms. The van der Waals surface area contributed by atoms with Gasteiger partial charge in [-0.25, -0.2) is 0 Å². The molecule has 116 valence electrons. The molecular weight excluding hydrogens is 280 g/mol. The number of benzene rings is 1. The zero-order chi connectivity index (χ0) is 15.4. The van der Waals surface area contributed by atoms with E-state index in [-0.39, 0.29) is 11.9 Å². The van der Waals surface area contributed by atoms with Crippen molar-refractivity contribution >= 4 is 5.91 Å². The molecule has 1 heterocycles. The Morgan fingerprint density at radius 1 is 1.32 bits per heavy atom. The van der Waals surface area contributed by atoms with Gasteiger partial charge in [0, 0.05) is 24.6 Å². The molecule has 3 rings (SSSR count). The third-order valence-corrected chi connectivity index (χ3v) is 4.21. The lowest BCUT2D eigenvalue weighted by Gasteiger charge is -2.14. The number of H-pyrrole nitrogens is 1. The highest BCUT2D eigenvalue weighted by molar-refractivity contribution is 5.76. The number of nitrogens with zero attached hydrogens (tertiary/aromatic N) is 3. The molecule has 1 amide bonds. The third kappa shape index (κ3) is 3.48. The lowest BCUT2D eigenvalue weighted by atomic mass is 10.00. The predicted molar refractivity (Wildman–Crippen MR) is 81.4 cm³/mol. The molecule has 1 aliphatic rings. The maximum Gasteiger partial charge on any atom is 0.220 e. The molecule has 1 fully saturated rings. The van der Waals surface area contributed by atoms with Gasteiger partial charge in [0.15, 0.2) is 0 Å². The fraction of sp³-hybridized carbons (Fsp3) is 0.467. The number of rotatable bonds is 5. The van der Waals surface area contributed by atoms with Gasteiger partial charge in [0.05, 0.1) is 0 Å². The largest absolute Gasteiger partial charge is 0.352 e. The molecule has 0 radical (unpaired) electrons. The molecule has 7 nitrogen and oxygen atoms in total. The number of carbonyl (C=O) groups excluding carboxylic acids is 1. The van der Waals surface area contributed by atoms with Gasteiger partial charge in [-0.1, -0.05) is 30.7 Å². The molecule has 0 unspecified atom stereocenters. The van der Waals surface area contributed by atoms with Crippen molar-refractivity contribution in [1.29, 1.82) is 0 Å². The van der Waals surface area contributed by atoms with E-state index in [0.717, 1.165) is 30.4 Å². The Morgan fingerprint density at radius 2 is 2.14 bits per heavy atom. The van der Waals surface area contributed by atoms with Crippen LogP contribution in [0, 0.1) is 5.92 Å². The first-order valence-corrected chi connectivity index (χ1v) is 7.57. The number of tetrazole rings is 1. The molecule has 4 N–H and O–H groups in total. The van der Waals surface area contributed by atoms with Crippen LogP contribution in [0.25, 0.3) is 11.4 Å². The van der Waals surface area contributed by atoms with Crippen LogP contribution in [0.15, 0.2) is 24.3 Å². The summed E-state index contributed by atoms with van der Waals surface area (Å²) in [7, 11) is 0. The minimum absolute atomic E-state index is 0.0737. The molecule has 2 aromatic rings. The highest BCUT2D eigenvalue weighted by Gasteiger charge is 2.25. The predicted octanol–water partition coefficient (Wildman–Crippen LogP) is 1.00. The lowest BCUT2D eigenvalue weighted by molar-refractivity contribution is -0.122. The van der Waals surface area contributed by atoms with Crippen LogP contribution in [0.2, 0.25) is 0 Å². The van der Waals surface area contributed by atoms with Crippen LogP contribution in [0.3, 0.4) is 0 Å². The Kier molecular flexibility index (Phi) is 4.43. The van der Waals surface area contributed by atoms with E-state index in [9.17, 15) is 4.79 Å². The summed E-state index contributed by atoms with van der Waals surface area (Å²) in [6.45, 7) is 0.521. The van der Waals surface area contributed by atoms with Crippen LogP contribution in [-0.4, -0.2) is 32.6 Å². The van der Waals surface area contributed by atoms with Crippen LogP contribution >= 0.6 is 0 Å². The maximum absolute atomic E-state index is 12.0. The summed E-state index contributed by atoms with van der Waals surface area (Å²) < 4.78 is 0. The topological polar surface area (TPSA) is 110 Å². The summed E-state index contributed by atoms with van der Waals surface area (Å²) in [5, 5.41) is 16.8. The van der Waals surface area contributed by atoms with E-state index in [2.05, 4.69) is 25.9 Å². The number of hydrogen-bond donors (Lipinski definition) is 3. The second kappa shape index (κ2) is 6.65. The Morgan fingerprint density at radius 3 is 2.77 bits per heavy atom. The fourth-order valence-electron chi connectivity index (χ4n) is 2.89. The van der Waals surface area contributed by atoms with Crippen molar-refractivity contribution in [2.75, 3.05) is 0 Å². The average Bonchev–Trinajstić information content (AvgIpc) is 3.18. The number of amides is 1. The monoisotopic (exact) mass is 300 g/mol. The van der Waals surface area contributed by atoms with Crippen molar-refractivity contribution in [3.8, 4) is 11.4 Å². The summed E-state index contributed by atoms with van der Waals surface area (Å²) in [5.74, 6) is 0.969. The Hall–Kier alpha value is -2.28. The minimum atomic E-state index is 0.0737. The van der Waals surface area contributed by atoms with E-state index >= 15 is 0 Å². The molecule has 1 aliphatic carbocycles. The Bertz CT molecular complexity index is 609. The van der Waals surface area contributed by atoms with Gasteiger partial charge in [-0.15, -0.1) is 10.2 Å². The normalized spacial score (nSPS) is 21.0. The maximum atomic E-state index is 12.0. The van der Waals surface area contributed by atoms with Gasteiger partial charge in [-0.2, -0.15) is 5.21 Å². The highest BCUT2D eigenvalue weighted by atomic mass is 16.1. The molecule has 0 bridgehead atoms. The van der Waals surface area contributed by atoms with Crippen LogP contribution < -0.4 is 11.1 Å². The number of hydrogen-bond acceptors (Lipinski definition) is 5. The average molecular weight is 300 g/mol. The number of aromatic amines is 1. The first kappa shape index (κ1) is 14.6. The summed E-state index contributed by atoms with van der Waals surface area (Å²) in [6, 6.07) is 7.92. The Balaban J connectivity index is 1.50. The molecule has 0 spiro atoms. The molecule has 0 saturated heterocycles. The first-order chi connectivity index (χ1) is 10.7. The summed E-state index contributed by atoms with van der Waals surface area (Å²) in [6.07, 6.45) is 3.77. The van der Waals surface area contributed by atoms with Crippen LogP contribution in [-0.2, 0) is 11.3 Å². The second-order valence-electron chi connectivity index (χ2n) is 5.77. The van der Waals surface area contributed by atoms with Gasteiger partial charge in [0.25, 0.3) is 0 Å². The fourth-order valence-corrected chi connectivity index (χ4v) is 2.89. The lowest BCUT2D eigenvalue weighted by Crippen LogP contribution is -2.31. The highest BCUT2D eigenvalue weighted by Crippen LogP contribution is 2.26. The first-order valence-electron chi connectivity index (χ1n) is 7.57. The van der Waals surface area contributed by atoms with Crippen molar-refractivity contribution in [2.24, 2.45) is 11.7 Å². The third-order valence-electron chi connectivity index (χ3n) is 4.21. The zero-order valence-corrected chi connectivity index (χ0v) is 12.3. The number of nitrogens with one attached hydrogen (secondary N) is 2. The van der Waals surface area contributed by atoms with Crippen molar-refractivity contribution in [2.45, 2.75) is 38.3 Å². The van der Waals surface area contributed by atoms with E-state index in [4.69, 9.17) is 5.73 Å². The second-order valence-corrected chi connectivity index (χ2v) is 5.77. The van der Waals surface area contributed by atoms with Gasteiger partial charge in [-0.3, -0.25) is 4.79 Å². The number of aromatic nitrogens is 4. The number of nitrogens with two attached hydrogens (primary N) is 1. The van der Waals surface area contributed by atoms with Gasteiger partial charge in [0.2, 0.25) is 11.7 Å². The van der Waals surface area contributed by atoms with Gasteiger partial charge >= 0.3 is 0 Å². The van der Waals surface area contributed by atoms with E-state index in [1.165, 1.54) is 0 Å². The van der Waals surface area contributed by atoms with Crippen molar-refractivity contribution in [3.63, 3.8) is 0 Å². The molecule has 1 aromatic carbocycles. The number of carbonyl (C=O) groups is 1. The van der Waals surface area contributed by atoms with Crippen molar-refractivity contribution in [3.05, 3.63) is 29.8 Å². The minimum Gasteiger partial charge on any atom is -0.352 e. The standard InChI is InChI=1S/C15H20N6O/c16-13-3-1-2-12(13)8-14(22)17-9-10-4-6-11(7-5-10)15-18-20-21-19-15/h4-7,12-13H,1-3,8-9,16H2,(H,17,22)(H,18,19,20,21)/t12-,13+/m0/s1. The van der Waals surface area contributed by atoms with Gasteiger partial charge in [-0.05, 0) is 29.5 Å². The van der Waals surface area contributed by atoms with Gasteiger partial charge in [0.1, 0.15) is 0 Å². The van der Waals surface area contributed by atoms with Gasteiger partial charge < -0.3 is 11.1 Å². The smallest absolute Gasteiger partial charge is 0.220 e. The summed E-state index contributed by atoms with van der Waals surface area (Å²) >= 11 is 0. The SMILES string of the molecule is N[C@@H]1CCC[C@H]1CC(=O)NCc1ccc(-c2nn[nH]n2)cc1. The van der Waals surface area contributed by atoms with Crippen LogP contribution in [0.4, 0.5) is 0 Å².